The molecule has 0 aromatic carbocycles. The number of aromatic amines is 1. The van der Waals surface area contributed by atoms with Crippen molar-refractivity contribution in [2.75, 3.05) is 32.8 Å². The van der Waals surface area contributed by atoms with Gasteiger partial charge in [0.15, 0.2) is 0 Å². The van der Waals surface area contributed by atoms with Crippen LogP contribution in [0, 0.1) is 0 Å². The molecular weight excluding hydrogens is 342 g/mol. The summed E-state index contributed by atoms with van der Waals surface area (Å²) in [7, 11) is 0. The fraction of sp³-hybridized carbons (Fsp3) is 0.714. The summed E-state index contributed by atoms with van der Waals surface area (Å²) in [5.74, 6) is -0.243. The normalized spacial score (nSPS) is 22.8. The van der Waals surface area contributed by atoms with Gasteiger partial charge in [-0.05, 0) is 76.1 Å². The largest absolute Gasteiger partial charge is 0.381 e. The van der Waals surface area contributed by atoms with Crippen LogP contribution in [0.15, 0.2) is 10.9 Å². The number of aromatic nitrogens is 1. The molecule has 2 fully saturated rings. The molecule has 1 aromatic rings. The maximum absolute atomic E-state index is 12.8. The number of carbonyl (C=O) groups excluding carboxylic acids is 1. The lowest BCUT2D eigenvalue weighted by atomic mass is 9.86. The van der Waals surface area contributed by atoms with Gasteiger partial charge in [-0.2, -0.15) is 0 Å². The average molecular weight is 373 g/mol. The maximum Gasteiger partial charge on any atom is 0.261 e. The highest BCUT2D eigenvalue weighted by Crippen LogP contribution is 2.30. The molecule has 27 heavy (non-hydrogen) atoms. The van der Waals surface area contributed by atoms with Crippen molar-refractivity contribution in [1.82, 2.24) is 15.2 Å². The van der Waals surface area contributed by atoms with Crippen LogP contribution < -0.4 is 10.9 Å². The predicted molar refractivity (Wildman–Crippen MR) is 104 cm³/mol. The van der Waals surface area contributed by atoms with Gasteiger partial charge in [-0.15, -0.1) is 0 Å². The molecule has 1 aromatic heterocycles. The second kappa shape index (κ2) is 8.15. The number of ether oxygens (including phenoxy) is 1. The Balaban J connectivity index is 1.49. The summed E-state index contributed by atoms with van der Waals surface area (Å²) < 4.78 is 5.59. The minimum absolute atomic E-state index is 0.0324. The van der Waals surface area contributed by atoms with E-state index in [2.05, 4.69) is 15.2 Å². The van der Waals surface area contributed by atoms with Gasteiger partial charge in [-0.25, -0.2) is 0 Å². The van der Waals surface area contributed by atoms with Gasteiger partial charge in [-0.1, -0.05) is 6.42 Å². The lowest BCUT2D eigenvalue weighted by molar-refractivity contribution is -0.0349. The number of aryl methyl sites for hydroxylation is 2. The van der Waals surface area contributed by atoms with Crippen molar-refractivity contribution in [3.05, 3.63) is 33.2 Å². The van der Waals surface area contributed by atoms with Crippen LogP contribution in [0.5, 0.6) is 0 Å². The first kappa shape index (κ1) is 18.7. The first-order chi connectivity index (χ1) is 13.2. The van der Waals surface area contributed by atoms with E-state index in [-0.39, 0.29) is 22.6 Å². The molecule has 2 aliphatic heterocycles. The van der Waals surface area contributed by atoms with E-state index in [0.717, 1.165) is 76.1 Å². The molecule has 0 atom stereocenters. The molecule has 6 heteroatoms. The van der Waals surface area contributed by atoms with E-state index in [0.29, 0.717) is 6.54 Å². The number of pyridine rings is 1. The van der Waals surface area contributed by atoms with Crippen molar-refractivity contribution in [3.8, 4) is 0 Å². The highest BCUT2D eigenvalue weighted by Gasteiger charge is 2.39. The molecular formula is C21H31N3O3. The molecule has 0 bridgehead atoms. The van der Waals surface area contributed by atoms with Crippen LogP contribution in [0.25, 0.3) is 0 Å². The van der Waals surface area contributed by atoms with Crippen molar-refractivity contribution in [2.45, 2.75) is 63.3 Å². The van der Waals surface area contributed by atoms with Crippen LogP contribution in [-0.2, 0) is 17.6 Å². The molecule has 3 heterocycles. The van der Waals surface area contributed by atoms with Gasteiger partial charge in [0.25, 0.3) is 11.5 Å². The van der Waals surface area contributed by atoms with Crippen molar-refractivity contribution in [1.29, 1.82) is 0 Å². The van der Waals surface area contributed by atoms with Crippen molar-refractivity contribution < 1.29 is 9.53 Å². The number of hydrogen-bond donors (Lipinski definition) is 2. The topological polar surface area (TPSA) is 74.4 Å². The fourth-order valence-electron chi connectivity index (χ4n) is 4.91. The number of piperidine rings is 1. The summed E-state index contributed by atoms with van der Waals surface area (Å²) in [6.07, 6.45) is 9.70. The summed E-state index contributed by atoms with van der Waals surface area (Å²) in [5, 5.41) is 3.10. The molecule has 2 saturated heterocycles. The molecule has 148 valence electrons. The number of hydrogen-bond acceptors (Lipinski definition) is 4. The second-order valence-corrected chi connectivity index (χ2v) is 8.29. The third-order valence-electron chi connectivity index (χ3n) is 6.61. The smallest absolute Gasteiger partial charge is 0.261 e. The molecule has 1 aliphatic carbocycles. The summed E-state index contributed by atoms with van der Waals surface area (Å²) in [5.41, 5.74) is 2.11. The van der Waals surface area contributed by atoms with Crippen LogP contribution in [0.1, 0.15) is 66.6 Å². The molecule has 2 N–H and O–H groups in total. The maximum atomic E-state index is 12.8. The highest BCUT2D eigenvalue weighted by molar-refractivity contribution is 5.94. The van der Waals surface area contributed by atoms with Gasteiger partial charge in [0.2, 0.25) is 0 Å². The number of nitrogens with zero attached hydrogens (tertiary/aromatic N) is 1. The van der Waals surface area contributed by atoms with Gasteiger partial charge in [0, 0.05) is 31.0 Å². The quantitative estimate of drug-likeness (QED) is 0.847. The van der Waals surface area contributed by atoms with E-state index < -0.39 is 0 Å². The van der Waals surface area contributed by atoms with Crippen LogP contribution in [-0.4, -0.2) is 54.2 Å². The fourth-order valence-corrected chi connectivity index (χ4v) is 4.91. The third kappa shape index (κ3) is 3.97. The van der Waals surface area contributed by atoms with E-state index in [9.17, 15) is 9.59 Å². The zero-order valence-corrected chi connectivity index (χ0v) is 16.1. The zero-order valence-electron chi connectivity index (χ0n) is 16.1. The zero-order chi connectivity index (χ0) is 18.7. The van der Waals surface area contributed by atoms with Gasteiger partial charge in [-0.3, -0.25) is 14.5 Å². The lowest BCUT2D eigenvalue weighted by Gasteiger charge is -2.48. The van der Waals surface area contributed by atoms with Crippen LogP contribution in [0.4, 0.5) is 0 Å². The molecule has 6 nitrogen and oxygen atoms in total. The molecule has 3 aliphatic rings. The Morgan fingerprint density at radius 1 is 1.11 bits per heavy atom. The molecule has 4 rings (SSSR count). The van der Waals surface area contributed by atoms with E-state index in [1.54, 1.807) is 0 Å². The van der Waals surface area contributed by atoms with E-state index in [1.165, 1.54) is 19.3 Å². The number of nitrogens with one attached hydrogen (secondary N) is 2. The average Bonchev–Trinajstić information content (AvgIpc) is 2.73. The van der Waals surface area contributed by atoms with Crippen molar-refractivity contribution >= 4 is 5.91 Å². The molecule has 1 amide bonds. The predicted octanol–water partition coefficient (Wildman–Crippen LogP) is 2.02. The lowest BCUT2D eigenvalue weighted by Crippen LogP contribution is -2.59. The Hall–Kier alpha value is -1.66. The summed E-state index contributed by atoms with van der Waals surface area (Å²) in [4.78, 5) is 30.7. The summed E-state index contributed by atoms with van der Waals surface area (Å²) >= 11 is 0. The van der Waals surface area contributed by atoms with E-state index in [4.69, 9.17) is 4.74 Å². The number of amides is 1. The SMILES string of the molecule is O=C(NCC1(N2CCCCC2)CCOCC1)c1cc2c([nH]c1=O)CCCC2. The molecule has 0 spiro atoms. The van der Waals surface area contributed by atoms with E-state index >= 15 is 0 Å². The third-order valence-corrected chi connectivity index (χ3v) is 6.61. The monoisotopic (exact) mass is 373 g/mol. The van der Waals surface area contributed by atoms with Gasteiger partial charge >= 0.3 is 0 Å². The van der Waals surface area contributed by atoms with Gasteiger partial charge in [0.1, 0.15) is 5.56 Å². The number of rotatable bonds is 4. The standard InChI is InChI=1S/C21H31N3O3/c25-19(17-14-16-6-2-3-7-18(16)23-20(17)26)22-15-21(8-12-27-13-9-21)24-10-4-1-5-11-24/h14H,1-13,15H2,(H,22,25)(H,23,26). The van der Waals surface area contributed by atoms with Crippen LogP contribution in [0.3, 0.4) is 0 Å². The molecule has 0 saturated carbocycles. The highest BCUT2D eigenvalue weighted by atomic mass is 16.5. The Morgan fingerprint density at radius 2 is 1.85 bits per heavy atom. The van der Waals surface area contributed by atoms with Gasteiger partial charge < -0.3 is 15.0 Å². The number of H-pyrrole nitrogens is 1. The number of fused-ring (bicyclic) bond motifs is 1. The first-order valence-corrected chi connectivity index (χ1v) is 10.5. The first-order valence-electron chi connectivity index (χ1n) is 10.5. The Morgan fingerprint density at radius 3 is 2.63 bits per heavy atom. The number of likely N-dealkylation sites (tertiary alicyclic amines) is 1. The van der Waals surface area contributed by atoms with Gasteiger partial charge in [0.05, 0.1) is 0 Å². The Labute approximate surface area is 160 Å². The van der Waals surface area contributed by atoms with Crippen LogP contribution in [0.2, 0.25) is 0 Å². The summed E-state index contributed by atoms with van der Waals surface area (Å²) in [6, 6.07) is 1.82. The molecule has 0 radical (unpaired) electrons. The minimum atomic E-state index is -0.257. The summed E-state index contributed by atoms with van der Waals surface area (Å²) in [6.45, 7) is 4.26. The van der Waals surface area contributed by atoms with Crippen molar-refractivity contribution in [2.24, 2.45) is 0 Å². The van der Waals surface area contributed by atoms with E-state index in [1.807, 2.05) is 6.07 Å². The Bertz CT molecular complexity index is 731. The second-order valence-electron chi connectivity index (χ2n) is 8.29. The Kier molecular flexibility index (Phi) is 5.64. The van der Waals surface area contributed by atoms with Crippen molar-refractivity contribution in [3.63, 3.8) is 0 Å². The number of carbonyl (C=O) groups is 1. The minimum Gasteiger partial charge on any atom is -0.381 e. The molecule has 0 unspecified atom stereocenters. The van der Waals surface area contributed by atoms with Crippen LogP contribution >= 0.6 is 0 Å².